The molecule has 0 saturated heterocycles. The van der Waals surface area contributed by atoms with Crippen LogP contribution in [0.1, 0.15) is 42.3 Å². The van der Waals surface area contributed by atoms with Crippen molar-refractivity contribution in [2.75, 3.05) is 13.3 Å². The number of ether oxygens (including phenoxy) is 2. The number of carbonyl (C=O) groups excluding carboxylic acids is 1. The number of hydrogen-bond acceptors (Lipinski definition) is 6. The Morgan fingerprint density at radius 1 is 1.06 bits per heavy atom. The van der Waals surface area contributed by atoms with Gasteiger partial charge in [0.2, 0.25) is 10.0 Å². The Labute approximate surface area is 182 Å². The summed E-state index contributed by atoms with van der Waals surface area (Å²) in [5, 5.41) is 9.38. The number of aromatic carboxylic acids is 1. The summed E-state index contributed by atoms with van der Waals surface area (Å²) in [6.45, 7) is 5.29. The number of carboxylic acids is 1. The summed E-state index contributed by atoms with van der Waals surface area (Å²) < 4.78 is 36.1. The molecule has 168 valence electrons. The minimum absolute atomic E-state index is 0.00114. The van der Waals surface area contributed by atoms with E-state index in [1.165, 1.54) is 19.2 Å². The lowest BCUT2D eigenvalue weighted by Gasteiger charge is -2.20. The zero-order valence-electron chi connectivity index (χ0n) is 18.2. The molecule has 2 aromatic carbocycles. The lowest BCUT2D eigenvalue weighted by molar-refractivity contribution is -0.153. The third-order valence-corrected chi connectivity index (χ3v) is 5.45. The van der Waals surface area contributed by atoms with E-state index >= 15 is 0 Å². The minimum Gasteiger partial charge on any atom is -0.478 e. The molecule has 8 nitrogen and oxygen atoms in total. The third-order valence-electron chi connectivity index (χ3n) is 4.19. The maximum Gasteiger partial charge on any atom is 0.339 e. The second-order valence-electron chi connectivity index (χ2n) is 8.13. The van der Waals surface area contributed by atoms with Gasteiger partial charge in [-0.05, 0) is 44.5 Å². The van der Waals surface area contributed by atoms with Crippen LogP contribution in [-0.4, -0.2) is 48.7 Å². The van der Waals surface area contributed by atoms with Crippen molar-refractivity contribution in [1.29, 1.82) is 0 Å². The van der Waals surface area contributed by atoms with Crippen LogP contribution in [0.15, 0.2) is 42.5 Å². The number of para-hydroxylation sites is 1. The molecule has 0 saturated carbocycles. The standard InChI is InChI=1S/C22H27NO7S/c1-22(2,3)30-20(24)13-15-10-11-18(16(12-15)14-23(4)31(5,27)28)29-19-9-7-6-8-17(19)21(25)26/h6-12H,13-14H2,1-5H3,(H,25,26). The highest BCUT2D eigenvalue weighted by Gasteiger charge is 2.20. The van der Waals surface area contributed by atoms with Gasteiger partial charge in [-0.2, -0.15) is 0 Å². The Bertz CT molecular complexity index is 1070. The van der Waals surface area contributed by atoms with Crippen LogP contribution in [0.4, 0.5) is 0 Å². The van der Waals surface area contributed by atoms with Gasteiger partial charge in [0.25, 0.3) is 0 Å². The number of carbonyl (C=O) groups is 2. The molecule has 31 heavy (non-hydrogen) atoms. The number of nitrogens with zero attached hydrogens (tertiary/aromatic N) is 1. The van der Waals surface area contributed by atoms with E-state index in [1.807, 2.05) is 0 Å². The Morgan fingerprint density at radius 3 is 2.29 bits per heavy atom. The van der Waals surface area contributed by atoms with E-state index in [1.54, 1.807) is 51.1 Å². The highest BCUT2D eigenvalue weighted by molar-refractivity contribution is 7.88. The monoisotopic (exact) mass is 449 g/mol. The normalized spacial score (nSPS) is 11.9. The SMILES string of the molecule is CN(Cc1cc(CC(=O)OC(C)(C)C)ccc1Oc1ccccc1C(=O)O)S(C)(=O)=O. The number of hydrogen-bond donors (Lipinski definition) is 1. The van der Waals surface area contributed by atoms with Gasteiger partial charge in [0.05, 0.1) is 12.7 Å². The number of carboxylic acid groups (broad SMARTS) is 1. The first-order chi connectivity index (χ1) is 14.3. The van der Waals surface area contributed by atoms with Crippen LogP contribution in [-0.2, 0) is 32.5 Å². The summed E-state index contributed by atoms with van der Waals surface area (Å²) >= 11 is 0. The number of benzene rings is 2. The molecular weight excluding hydrogens is 422 g/mol. The van der Waals surface area contributed by atoms with Gasteiger partial charge < -0.3 is 14.6 Å². The van der Waals surface area contributed by atoms with Crippen molar-refractivity contribution < 1.29 is 32.6 Å². The van der Waals surface area contributed by atoms with E-state index in [0.29, 0.717) is 11.1 Å². The minimum atomic E-state index is -3.48. The van der Waals surface area contributed by atoms with Crippen LogP contribution in [0.25, 0.3) is 0 Å². The molecule has 1 N–H and O–H groups in total. The van der Waals surface area contributed by atoms with Gasteiger partial charge in [0, 0.05) is 19.2 Å². The van der Waals surface area contributed by atoms with Crippen molar-refractivity contribution in [3.63, 3.8) is 0 Å². The van der Waals surface area contributed by atoms with E-state index in [2.05, 4.69) is 0 Å². The van der Waals surface area contributed by atoms with Gasteiger partial charge in [0.1, 0.15) is 22.7 Å². The zero-order valence-corrected chi connectivity index (χ0v) is 19.0. The molecule has 0 aliphatic heterocycles. The van der Waals surface area contributed by atoms with E-state index in [4.69, 9.17) is 9.47 Å². The Kier molecular flexibility index (Phi) is 7.45. The fraction of sp³-hybridized carbons (Fsp3) is 0.364. The molecule has 2 aromatic rings. The van der Waals surface area contributed by atoms with Crippen LogP contribution >= 0.6 is 0 Å². The van der Waals surface area contributed by atoms with Gasteiger partial charge in [-0.25, -0.2) is 17.5 Å². The van der Waals surface area contributed by atoms with E-state index in [9.17, 15) is 23.1 Å². The quantitative estimate of drug-likeness (QED) is 0.615. The average molecular weight is 450 g/mol. The molecular formula is C22H27NO7S. The molecule has 0 radical (unpaired) electrons. The Hall–Kier alpha value is -2.91. The molecule has 0 aromatic heterocycles. The van der Waals surface area contributed by atoms with Gasteiger partial charge in [0.15, 0.2) is 0 Å². The molecule has 0 atom stereocenters. The van der Waals surface area contributed by atoms with Crippen molar-refractivity contribution in [2.45, 2.75) is 39.3 Å². The first-order valence-corrected chi connectivity index (χ1v) is 11.4. The molecule has 0 aliphatic rings. The molecule has 0 amide bonds. The molecule has 0 unspecified atom stereocenters. The lowest BCUT2D eigenvalue weighted by Crippen LogP contribution is -2.26. The first-order valence-electron chi connectivity index (χ1n) is 9.51. The first kappa shape index (κ1) is 24.4. The smallest absolute Gasteiger partial charge is 0.339 e. The largest absolute Gasteiger partial charge is 0.478 e. The Morgan fingerprint density at radius 2 is 1.71 bits per heavy atom. The summed E-state index contributed by atoms with van der Waals surface area (Å²) in [6, 6.07) is 11.1. The van der Waals surface area contributed by atoms with Crippen LogP contribution in [0.3, 0.4) is 0 Å². The van der Waals surface area contributed by atoms with E-state index in [-0.39, 0.29) is 30.0 Å². The molecule has 2 rings (SSSR count). The van der Waals surface area contributed by atoms with Crippen molar-refractivity contribution >= 4 is 22.0 Å². The second-order valence-corrected chi connectivity index (χ2v) is 10.2. The highest BCUT2D eigenvalue weighted by Crippen LogP contribution is 2.30. The summed E-state index contributed by atoms with van der Waals surface area (Å²) in [7, 11) is -2.06. The van der Waals surface area contributed by atoms with Gasteiger partial charge in [-0.3, -0.25) is 4.79 Å². The van der Waals surface area contributed by atoms with Crippen LogP contribution in [0.5, 0.6) is 11.5 Å². The molecule has 9 heteroatoms. The predicted octanol–water partition coefficient (Wildman–Crippen LogP) is 3.45. The van der Waals surface area contributed by atoms with E-state index in [0.717, 1.165) is 10.6 Å². The Balaban J connectivity index is 2.41. The fourth-order valence-electron chi connectivity index (χ4n) is 2.72. The van der Waals surface area contributed by atoms with Crippen LogP contribution < -0.4 is 4.74 Å². The maximum absolute atomic E-state index is 12.2. The highest BCUT2D eigenvalue weighted by atomic mass is 32.2. The molecule has 0 heterocycles. The van der Waals surface area contributed by atoms with Gasteiger partial charge in [-0.15, -0.1) is 0 Å². The summed E-state index contributed by atoms with van der Waals surface area (Å²) in [4.78, 5) is 23.7. The number of sulfonamides is 1. The number of esters is 1. The third kappa shape index (κ3) is 7.37. The topological polar surface area (TPSA) is 110 Å². The van der Waals surface area contributed by atoms with Crippen molar-refractivity contribution in [3.05, 3.63) is 59.2 Å². The van der Waals surface area contributed by atoms with E-state index < -0.39 is 27.6 Å². The van der Waals surface area contributed by atoms with Crippen molar-refractivity contribution in [1.82, 2.24) is 4.31 Å². The average Bonchev–Trinajstić information content (AvgIpc) is 2.61. The number of rotatable bonds is 8. The molecule has 0 bridgehead atoms. The van der Waals surface area contributed by atoms with Crippen molar-refractivity contribution in [2.24, 2.45) is 0 Å². The summed E-state index contributed by atoms with van der Waals surface area (Å²) in [5.41, 5.74) is 0.446. The van der Waals surface area contributed by atoms with Crippen LogP contribution in [0, 0.1) is 0 Å². The molecule has 0 aliphatic carbocycles. The summed E-state index contributed by atoms with van der Waals surface area (Å²) in [6.07, 6.45) is 1.08. The lowest BCUT2D eigenvalue weighted by atomic mass is 10.1. The zero-order chi connectivity index (χ0) is 23.4. The molecule has 0 fully saturated rings. The molecule has 0 spiro atoms. The maximum atomic E-state index is 12.2. The second kappa shape index (κ2) is 9.49. The van der Waals surface area contributed by atoms with Gasteiger partial charge >= 0.3 is 11.9 Å². The van der Waals surface area contributed by atoms with Crippen LogP contribution in [0.2, 0.25) is 0 Å². The van der Waals surface area contributed by atoms with Gasteiger partial charge in [-0.1, -0.05) is 24.3 Å². The summed E-state index contributed by atoms with van der Waals surface area (Å²) in [5.74, 6) is -1.15. The predicted molar refractivity (Wildman–Crippen MR) is 116 cm³/mol. The fourth-order valence-corrected chi connectivity index (χ4v) is 3.09. The van der Waals surface area contributed by atoms with Crippen molar-refractivity contribution in [3.8, 4) is 11.5 Å².